The molecule has 0 aliphatic heterocycles. The van der Waals surface area contributed by atoms with Crippen molar-refractivity contribution in [1.29, 1.82) is 0 Å². The van der Waals surface area contributed by atoms with Gasteiger partial charge in [-0.1, -0.05) is 57.8 Å². The molecule has 2 aromatic rings. The Balaban J connectivity index is 2.25. The Hall–Kier alpha value is -2.06. The summed E-state index contributed by atoms with van der Waals surface area (Å²) in [6, 6.07) is 10.9. The van der Waals surface area contributed by atoms with E-state index in [1.807, 2.05) is 14.0 Å². The van der Waals surface area contributed by atoms with Gasteiger partial charge in [0.15, 0.2) is 0 Å². The third-order valence-corrected chi connectivity index (χ3v) is 5.77. The van der Waals surface area contributed by atoms with Crippen molar-refractivity contribution in [3.8, 4) is 0 Å². The summed E-state index contributed by atoms with van der Waals surface area (Å²) in [6.07, 6.45) is 0.890. The smallest absolute Gasteiger partial charge is 0.0342 e. The van der Waals surface area contributed by atoms with Crippen molar-refractivity contribution >= 4 is 16.9 Å². The third kappa shape index (κ3) is 4.32. The summed E-state index contributed by atoms with van der Waals surface area (Å²) in [5, 5.41) is 2.09. The number of allylic oxidation sites excluding steroid dienone is 2. The van der Waals surface area contributed by atoms with Crippen molar-refractivity contribution in [2.75, 3.05) is 7.05 Å². The fraction of sp³-hybridized carbons (Fsp3) is 0.304. The van der Waals surface area contributed by atoms with Crippen LogP contribution in [0.5, 0.6) is 0 Å². The summed E-state index contributed by atoms with van der Waals surface area (Å²) in [5.74, 6) is 0. The van der Waals surface area contributed by atoms with Crippen molar-refractivity contribution < 1.29 is 0 Å². The van der Waals surface area contributed by atoms with Crippen LogP contribution in [0.4, 0.5) is 0 Å². The Bertz CT molecular complexity index is 794. The van der Waals surface area contributed by atoms with Gasteiger partial charge >= 0.3 is 0 Å². The van der Waals surface area contributed by atoms with Crippen molar-refractivity contribution in [2.24, 2.45) is 0 Å². The highest BCUT2D eigenvalue weighted by molar-refractivity contribution is 7.11. The molecule has 0 amide bonds. The molecule has 0 bridgehead atoms. The molecule has 1 aromatic carbocycles. The van der Waals surface area contributed by atoms with Gasteiger partial charge < -0.3 is 4.90 Å². The Labute approximate surface area is 157 Å². The van der Waals surface area contributed by atoms with E-state index < -0.39 is 0 Å². The first kappa shape index (κ1) is 19.3. The molecule has 1 aromatic heterocycles. The molecule has 0 atom stereocenters. The van der Waals surface area contributed by atoms with Gasteiger partial charge in [0.05, 0.1) is 0 Å². The first-order valence-electron chi connectivity index (χ1n) is 8.55. The lowest BCUT2D eigenvalue weighted by molar-refractivity contribution is 0.425. The first-order chi connectivity index (χ1) is 11.6. The standard InChI is InChI=1S/C23H29NS/c1-16(2)24(8)18(4)15-23(6,7)20-11-12-21(17(3)14-20)19(5)22-10-9-13-25-22/h9-14H,1,4-5,15H2,2-3,6-8H3. The highest BCUT2D eigenvalue weighted by Gasteiger charge is 2.24. The number of benzene rings is 1. The van der Waals surface area contributed by atoms with E-state index in [4.69, 9.17) is 0 Å². The average Bonchev–Trinajstić information content (AvgIpc) is 3.07. The lowest BCUT2D eigenvalue weighted by Gasteiger charge is -2.31. The lowest BCUT2D eigenvalue weighted by atomic mass is 9.79. The summed E-state index contributed by atoms with van der Waals surface area (Å²) in [7, 11) is 2.03. The zero-order valence-corrected chi connectivity index (χ0v) is 17.0. The Morgan fingerprint density at radius 2 is 1.84 bits per heavy atom. The molecule has 0 fully saturated rings. The van der Waals surface area contributed by atoms with Gasteiger partial charge in [0, 0.05) is 23.3 Å². The normalized spacial score (nSPS) is 11.2. The van der Waals surface area contributed by atoms with Crippen LogP contribution in [0.2, 0.25) is 0 Å². The van der Waals surface area contributed by atoms with E-state index in [2.05, 4.69) is 81.1 Å². The number of rotatable bonds is 7. The van der Waals surface area contributed by atoms with E-state index in [-0.39, 0.29) is 5.41 Å². The van der Waals surface area contributed by atoms with Crippen LogP contribution in [0.15, 0.2) is 66.8 Å². The maximum absolute atomic E-state index is 4.29. The second-order valence-electron chi connectivity index (χ2n) is 7.41. The highest BCUT2D eigenvalue weighted by Crippen LogP contribution is 2.35. The molecule has 0 radical (unpaired) electrons. The van der Waals surface area contributed by atoms with Crippen LogP contribution in [0.1, 0.15) is 48.8 Å². The van der Waals surface area contributed by atoms with E-state index in [1.54, 1.807) is 11.3 Å². The summed E-state index contributed by atoms with van der Waals surface area (Å²) in [4.78, 5) is 3.30. The van der Waals surface area contributed by atoms with Gasteiger partial charge in [0.2, 0.25) is 0 Å². The molecule has 0 saturated heterocycles. The minimum absolute atomic E-state index is 0.00828. The second kappa shape index (κ2) is 7.45. The number of nitrogens with zero attached hydrogens (tertiary/aromatic N) is 1. The van der Waals surface area contributed by atoms with Gasteiger partial charge in [0.25, 0.3) is 0 Å². The van der Waals surface area contributed by atoms with Crippen LogP contribution in [-0.4, -0.2) is 11.9 Å². The maximum atomic E-state index is 4.29. The van der Waals surface area contributed by atoms with Crippen molar-refractivity contribution in [1.82, 2.24) is 4.90 Å². The maximum Gasteiger partial charge on any atom is 0.0342 e. The number of thiophene rings is 1. The van der Waals surface area contributed by atoms with Gasteiger partial charge in [-0.2, -0.15) is 0 Å². The van der Waals surface area contributed by atoms with Crippen LogP contribution >= 0.6 is 11.3 Å². The number of hydrogen-bond acceptors (Lipinski definition) is 2. The van der Waals surface area contributed by atoms with Gasteiger partial charge in [-0.15, -0.1) is 11.3 Å². The number of hydrogen-bond donors (Lipinski definition) is 0. The fourth-order valence-corrected chi connectivity index (χ4v) is 3.72. The van der Waals surface area contributed by atoms with Gasteiger partial charge in [0.1, 0.15) is 0 Å². The molecule has 0 spiro atoms. The quantitative estimate of drug-likeness (QED) is 0.532. The molecular weight excluding hydrogens is 322 g/mol. The molecule has 2 rings (SSSR count). The minimum atomic E-state index is 0.00828. The van der Waals surface area contributed by atoms with E-state index >= 15 is 0 Å². The van der Waals surface area contributed by atoms with E-state index in [9.17, 15) is 0 Å². The van der Waals surface area contributed by atoms with Gasteiger partial charge in [-0.05, 0) is 59.4 Å². The zero-order valence-electron chi connectivity index (χ0n) is 16.1. The minimum Gasteiger partial charge on any atom is -0.353 e. The predicted molar refractivity (Wildman–Crippen MR) is 113 cm³/mol. The monoisotopic (exact) mass is 351 g/mol. The third-order valence-electron chi connectivity index (χ3n) is 4.84. The second-order valence-corrected chi connectivity index (χ2v) is 8.35. The van der Waals surface area contributed by atoms with E-state index in [0.29, 0.717) is 0 Å². The number of aryl methyl sites for hydroxylation is 1. The summed E-state index contributed by atoms with van der Waals surface area (Å²) >= 11 is 1.73. The van der Waals surface area contributed by atoms with Crippen LogP contribution in [0, 0.1) is 6.92 Å². The molecule has 132 valence electrons. The zero-order chi connectivity index (χ0) is 18.8. The first-order valence-corrected chi connectivity index (χ1v) is 9.43. The molecule has 25 heavy (non-hydrogen) atoms. The predicted octanol–water partition coefficient (Wildman–Crippen LogP) is 6.76. The molecular formula is C23H29NS. The lowest BCUT2D eigenvalue weighted by Crippen LogP contribution is -2.24. The topological polar surface area (TPSA) is 3.24 Å². The summed E-state index contributed by atoms with van der Waals surface area (Å²) < 4.78 is 0. The molecule has 0 aliphatic carbocycles. The van der Waals surface area contributed by atoms with E-state index in [0.717, 1.165) is 23.4 Å². The van der Waals surface area contributed by atoms with Crippen LogP contribution < -0.4 is 0 Å². The SMILES string of the molecule is C=C(c1cccs1)c1ccc(C(C)(C)CC(=C)N(C)C(=C)C)cc1C. The van der Waals surface area contributed by atoms with Gasteiger partial charge in [-0.25, -0.2) is 0 Å². The van der Waals surface area contributed by atoms with Crippen molar-refractivity contribution in [2.45, 2.75) is 39.5 Å². The molecule has 0 unspecified atom stereocenters. The van der Waals surface area contributed by atoms with Crippen LogP contribution in [0.25, 0.3) is 5.57 Å². The largest absolute Gasteiger partial charge is 0.353 e. The van der Waals surface area contributed by atoms with Crippen molar-refractivity contribution in [3.05, 3.63) is 88.4 Å². The molecule has 1 nitrogen and oxygen atoms in total. The summed E-state index contributed by atoms with van der Waals surface area (Å²) in [5.41, 5.74) is 7.02. The Morgan fingerprint density at radius 3 is 2.36 bits per heavy atom. The average molecular weight is 352 g/mol. The van der Waals surface area contributed by atoms with E-state index in [1.165, 1.54) is 21.6 Å². The Morgan fingerprint density at radius 1 is 1.16 bits per heavy atom. The molecule has 0 N–H and O–H groups in total. The molecule has 0 saturated carbocycles. The molecule has 2 heteroatoms. The van der Waals surface area contributed by atoms with Crippen LogP contribution in [-0.2, 0) is 5.41 Å². The molecule has 1 heterocycles. The van der Waals surface area contributed by atoms with Crippen LogP contribution in [0.3, 0.4) is 0 Å². The van der Waals surface area contributed by atoms with Gasteiger partial charge in [-0.3, -0.25) is 0 Å². The molecule has 0 aliphatic rings. The highest BCUT2D eigenvalue weighted by atomic mass is 32.1. The summed E-state index contributed by atoms with van der Waals surface area (Å²) in [6.45, 7) is 21.3. The Kier molecular flexibility index (Phi) is 5.74. The fourth-order valence-electron chi connectivity index (χ4n) is 3.01. The van der Waals surface area contributed by atoms with Crippen molar-refractivity contribution in [3.63, 3.8) is 0 Å².